The molecular formula is C19H21NO2. The third-order valence-corrected chi connectivity index (χ3v) is 4.08. The zero-order chi connectivity index (χ0) is 15.4. The lowest BCUT2D eigenvalue weighted by atomic mass is 9.99. The van der Waals surface area contributed by atoms with Gasteiger partial charge in [0.1, 0.15) is 0 Å². The van der Waals surface area contributed by atoms with Gasteiger partial charge in [-0.3, -0.25) is 4.90 Å². The summed E-state index contributed by atoms with van der Waals surface area (Å²) in [5, 5.41) is 0. The lowest BCUT2D eigenvalue weighted by molar-refractivity contribution is 0.0526. The molecule has 0 bridgehead atoms. The molecule has 0 spiro atoms. The van der Waals surface area contributed by atoms with Crippen LogP contribution in [0.3, 0.4) is 0 Å². The van der Waals surface area contributed by atoms with E-state index in [-0.39, 0.29) is 5.97 Å². The molecule has 0 aliphatic carbocycles. The molecule has 2 aromatic carbocycles. The fraction of sp³-hybridized carbons (Fsp3) is 0.316. The second kappa shape index (κ2) is 6.75. The number of carbonyl (C=O) groups is 1. The first kappa shape index (κ1) is 14.8. The maximum absolute atomic E-state index is 11.7. The minimum absolute atomic E-state index is 0.249. The molecule has 1 aliphatic heterocycles. The summed E-state index contributed by atoms with van der Waals surface area (Å²) in [6, 6.07) is 16.4. The van der Waals surface area contributed by atoms with E-state index < -0.39 is 0 Å². The molecule has 1 heterocycles. The monoisotopic (exact) mass is 295 g/mol. The highest BCUT2D eigenvalue weighted by Gasteiger charge is 2.15. The summed E-state index contributed by atoms with van der Waals surface area (Å²) in [4.78, 5) is 14.1. The van der Waals surface area contributed by atoms with E-state index in [1.807, 2.05) is 31.2 Å². The average molecular weight is 295 g/mol. The first-order chi connectivity index (χ1) is 10.8. The van der Waals surface area contributed by atoms with Gasteiger partial charge in [0.2, 0.25) is 0 Å². The summed E-state index contributed by atoms with van der Waals surface area (Å²) in [6.07, 6.45) is 1.11. The predicted octanol–water partition coefficient (Wildman–Crippen LogP) is 3.42. The molecule has 0 unspecified atom stereocenters. The van der Waals surface area contributed by atoms with E-state index >= 15 is 0 Å². The Labute approximate surface area is 131 Å². The first-order valence-corrected chi connectivity index (χ1v) is 7.81. The standard InChI is InChI=1S/C19H21NO2/c1-2-22-19(21)17-9-7-15(8-10-17)13-20-12-11-16-5-3-4-6-18(16)14-20/h3-10H,2,11-14H2,1H3. The highest BCUT2D eigenvalue weighted by molar-refractivity contribution is 5.89. The molecule has 114 valence electrons. The zero-order valence-electron chi connectivity index (χ0n) is 12.9. The van der Waals surface area contributed by atoms with Crippen molar-refractivity contribution in [1.29, 1.82) is 0 Å². The van der Waals surface area contributed by atoms with Gasteiger partial charge in [-0.1, -0.05) is 36.4 Å². The maximum atomic E-state index is 11.7. The van der Waals surface area contributed by atoms with E-state index in [4.69, 9.17) is 4.74 Å². The summed E-state index contributed by atoms with van der Waals surface area (Å²) in [7, 11) is 0. The molecule has 0 saturated heterocycles. The van der Waals surface area contributed by atoms with Crippen LogP contribution in [0.5, 0.6) is 0 Å². The Kier molecular flexibility index (Phi) is 4.54. The van der Waals surface area contributed by atoms with Gasteiger partial charge >= 0.3 is 5.97 Å². The minimum Gasteiger partial charge on any atom is -0.462 e. The molecule has 0 saturated carbocycles. The Morgan fingerprint density at radius 1 is 1.09 bits per heavy atom. The van der Waals surface area contributed by atoms with Crippen molar-refractivity contribution in [3.8, 4) is 0 Å². The van der Waals surface area contributed by atoms with E-state index in [0.717, 1.165) is 26.1 Å². The second-order valence-corrected chi connectivity index (χ2v) is 5.65. The van der Waals surface area contributed by atoms with Crippen molar-refractivity contribution in [1.82, 2.24) is 4.90 Å². The van der Waals surface area contributed by atoms with Crippen LogP contribution in [0.15, 0.2) is 48.5 Å². The lowest BCUT2D eigenvalue weighted by Crippen LogP contribution is -2.29. The van der Waals surface area contributed by atoms with Crippen LogP contribution in [-0.2, 0) is 24.2 Å². The van der Waals surface area contributed by atoms with Crippen LogP contribution in [0.2, 0.25) is 0 Å². The van der Waals surface area contributed by atoms with Crippen LogP contribution in [-0.4, -0.2) is 24.0 Å². The van der Waals surface area contributed by atoms with Crippen molar-refractivity contribution in [2.24, 2.45) is 0 Å². The summed E-state index contributed by atoms with van der Waals surface area (Å²) < 4.78 is 5.01. The molecule has 0 N–H and O–H groups in total. The number of benzene rings is 2. The van der Waals surface area contributed by atoms with Gasteiger partial charge in [-0.25, -0.2) is 4.79 Å². The largest absolute Gasteiger partial charge is 0.462 e. The summed E-state index contributed by atoms with van der Waals surface area (Å²) >= 11 is 0. The Morgan fingerprint density at radius 2 is 1.82 bits per heavy atom. The number of hydrogen-bond acceptors (Lipinski definition) is 3. The van der Waals surface area contributed by atoms with Gasteiger partial charge in [0.05, 0.1) is 12.2 Å². The molecule has 2 aromatic rings. The van der Waals surface area contributed by atoms with Crippen LogP contribution in [0.25, 0.3) is 0 Å². The van der Waals surface area contributed by atoms with Gasteiger partial charge in [0, 0.05) is 19.6 Å². The van der Waals surface area contributed by atoms with E-state index in [1.165, 1.54) is 16.7 Å². The first-order valence-electron chi connectivity index (χ1n) is 7.81. The molecule has 0 aromatic heterocycles. The Hall–Kier alpha value is -2.13. The fourth-order valence-electron chi connectivity index (χ4n) is 2.91. The number of fused-ring (bicyclic) bond motifs is 1. The van der Waals surface area contributed by atoms with E-state index in [0.29, 0.717) is 12.2 Å². The maximum Gasteiger partial charge on any atom is 0.338 e. The van der Waals surface area contributed by atoms with Crippen LogP contribution < -0.4 is 0 Å². The fourth-order valence-corrected chi connectivity index (χ4v) is 2.91. The molecule has 0 fully saturated rings. The molecule has 3 rings (SSSR count). The second-order valence-electron chi connectivity index (χ2n) is 5.65. The van der Waals surface area contributed by atoms with Crippen molar-refractivity contribution in [3.63, 3.8) is 0 Å². The molecule has 0 atom stereocenters. The quantitative estimate of drug-likeness (QED) is 0.809. The highest BCUT2D eigenvalue weighted by atomic mass is 16.5. The number of ether oxygens (including phenoxy) is 1. The number of carbonyl (C=O) groups excluding carboxylic acids is 1. The molecule has 3 heteroatoms. The van der Waals surface area contributed by atoms with Gasteiger partial charge in [-0.05, 0) is 42.2 Å². The number of nitrogens with zero attached hydrogens (tertiary/aromatic N) is 1. The van der Waals surface area contributed by atoms with E-state index in [2.05, 4.69) is 29.2 Å². The topological polar surface area (TPSA) is 29.5 Å². The van der Waals surface area contributed by atoms with E-state index in [1.54, 1.807) is 0 Å². The van der Waals surface area contributed by atoms with Gasteiger partial charge in [-0.2, -0.15) is 0 Å². The zero-order valence-corrected chi connectivity index (χ0v) is 12.9. The normalized spacial score (nSPS) is 14.4. The summed E-state index contributed by atoms with van der Waals surface area (Å²) in [5.74, 6) is -0.249. The third-order valence-electron chi connectivity index (χ3n) is 4.08. The highest BCUT2D eigenvalue weighted by Crippen LogP contribution is 2.20. The Balaban J connectivity index is 1.63. The molecule has 1 aliphatic rings. The van der Waals surface area contributed by atoms with Crippen molar-refractivity contribution < 1.29 is 9.53 Å². The molecular weight excluding hydrogens is 274 g/mol. The van der Waals surface area contributed by atoms with Crippen molar-refractivity contribution in [3.05, 3.63) is 70.8 Å². The smallest absolute Gasteiger partial charge is 0.338 e. The van der Waals surface area contributed by atoms with Crippen LogP contribution in [0.4, 0.5) is 0 Å². The molecule has 22 heavy (non-hydrogen) atoms. The van der Waals surface area contributed by atoms with Gasteiger partial charge in [-0.15, -0.1) is 0 Å². The van der Waals surface area contributed by atoms with Crippen molar-refractivity contribution >= 4 is 5.97 Å². The van der Waals surface area contributed by atoms with Crippen LogP contribution in [0.1, 0.15) is 34.0 Å². The Morgan fingerprint density at radius 3 is 2.55 bits per heavy atom. The number of hydrogen-bond donors (Lipinski definition) is 0. The lowest BCUT2D eigenvalue weighted by Gasteiger charge is -2.28. The SMILES string of the molecule is CCOC(=O)c1ccc(CN2CCc3ccccc3C2)cc1. The molecule has 3 nitrogen and oxygen atoms in total. The predicted molar refractivity (Wildman–Crippen MR) is 86.7 cm³/mol. The van der Waals surface area contributed by atoms with Crippen LogP contribution in [0, 0.1) is 0 Å². The average Bonchev–Trinajstić information content (AvgIpc) is 2.56. The van der Waals surface area contributed by atoms with Gasteiger partial charge < -0.3 is 4.74 Å². The van der Waals surface area contributed by atoms with Crippen molar-refractivity contribution in [2.45, 2.75) is 26.4 Å². The van der Waals surface area contributed by atoms with Crippen molar-refractivity contribution in [2.75, 3.05) is 13.2 Å². The molecule has 0 amide bonds. The van der Waals surface area contributed by atoms with Gasteiger partial charge in [0.15, 0.2) is 0 Å². The van der Waals surface area contributed by atoms with Crippen LogP contribution >= 0.6 is 0 Å². The summed E-state index contributed by atoms with van der Waals surface area (Å²) in [6.45, 7) is 5.22. The van der Waals surface area contributed by atoms with E-state index in [9.17, 15) is 4.79 Å². The number of esters is 1. The minimum atomic E-state index is -0.249. The number of rotatable bonds is 4. The molecule has 0 radical (unpaired) electrons. The third kappa shape index (κ3) is 3.37. The van der Waals surface area contributed by atoms with Gasteiger partial charge in [0.25, 0.3) is 0 Å². The summed E-state index contributed by atoms with van der Waals surface area (Å²) in [5.41, 5.74) is 4.75. The Bertz CT molecular complexity index is 649.